The smallest absolute Gasteiger partial charge is 0.241 e. The zero-order valence-electron chi connectivity index (χ0n) is 13.7. The van der Waals surface area contributed by atoms with Gasteiger partial charge in [0.25, 0.3) is 0 Å². The Morgan fingerprint density at radius 3 is 2.62 bits per heavy atom. The van der Waals surface area contributed by atoms with Crippen LogP contribution in [-0.4, -0.2) is 23.4 Å². The molecular formula is C18H28N2O. The van der Waals surface area contributed by atoms with Gasteiger partial charge >= 0.3 is 0 Å². The summed E-state index contributed by atoms with van der Waals surface area (Å²) in [6.45, 7) is 9.44. The monoisotopic (exact) mass is 288 g/mol. The highest BCUT2D eigenvalue weighted by Gasteiger charge is 2.41. The maximum absolute atomic E-state index is 12.8. The lowest BCUT2D eigenvalue weighted by atomic mass is 9.99. The molecule has 3 unspecified atom stereocenters. The van der Waals surface area contributed by atoms with E-state index in [9.17, 15) is 4.79 Å². The van der Waals surface area contributed by atoms with E-state index in [4.69, 9.17) is 0 Å². The molecule has 1 heterocycles. The quantitative estimate of drug-likeness (QED) is 0.866. The Bertz CT molecular complexity index is 486. The van der Waals surface area contributed by atoms with Gasteiger partial charge in [0, 0.05) is 6.54 Å². The Labute approximate surface area is 128 Å². The molecule has 2 rings (SSSR count). The number of hydrogen-bond donors (Lipinski definition) is 1. The van der Waals surface area contributed by atoms with E-state index in [0.29, 0.717) is 5.92 Å². The Hall–Kier alpha value is -1.35. The zero-order valence-corrected chi connectivity index (χ0v) is 13.7. The summed E-state index contributed by atoms with van der Waals surface area (Å²) >= 11 is 0. The second-order valence-corrected chi connectivity index (χ2v) is 6.17. The molecule has 1 aromatic rings. The average molecular weight is 288 g/mol. The number of carbonyl (C=O) groups excluding carboxylic acids is 1. The number of amides is 1. The molecule has 1 amide bonds. The lowest BCUT2D eigenvalue weighted by molar-refractivity contribution is -0.131. The largest absolute Gasteiger partial charge is 0.322 e. The fourth-order valence-electron chi connectivity index (χ4n) is 3.00. The van der Waals surface area contributed by atoms with E-state index in [-0.39, 0.29) is 18.1 Å². The van der Waals surface area contributed by atoms with Gasteiger partial charge in [0.15, 0.2) is 0 Å². The predicted molar refractivity (Wildman–Crippen MR) is 86.9 cm³/mol. The molecule has 0 spiro atoms. The molecule has 0 bridgehead atoms. The van der Waals surface area contributed by atoms with Crippen molar-refractivity contribution in [2.75, 3.05) is 6.54 Å². The Morgan fingerprint density at radius 2 is 2.00 bits per heavy atom. The van der Waals surface area contributed by atoms with E-state index in [2.05, 4.69) is 57.3 Å². The first-order valence-electron chi connectivity index (χ1n) is 8.22. The molecule has 1 saturated heterocycles. The number of aryl methyl sites for hydroxylation is 1. The molecule has 0 radical (unpaired) electrons. The molecule has 1 aromatic carbocycles. The fraction of sp³-hybridized carbons (Fsp3) is 0.611. The molecule has 0 saturated carbocycles. The van der Waals surface area contributed by atoms with Crippen LogP contribution in [0.15, 0.2) is 24.3 Å². The molecule has 3 atom stereocenters. The van der Waals surface area contributed by atoms with Crippen molar-refractivity contribution in [2.24, 2.45) is 5.92 Å². The van der Waals surface area contributed by atoms with Gasteiger partial charge in [-0.2, -0.15) is 0 Å². The van der Waals surface area contributed by atoms with E-state index in [1.165, 1.54) is 11.1 Å². The Kier molecular flexibility index (Phi) is 5.40. The van der Waals surface area contributed by atoms with Crippen LogP contribution in [0.3, 0.4) is 0 Å². The molecule has 0 aliphatic carbocycles. The first-order valence-corrected chi connectivity index (χ1v) is 8.22. The van der Waals surface area contributed by atoms with Crippen LogP contribution in [0, 0.1) is 12.8 Å². The molecule has 1 aliphatic rings. The second-order valence-electron chi connectivity index (χ2n) is 6.17. The normalized spacial score (nSPS) is 23.6. The molecular weight excluding hydrogens is 260 g/mol. The highest BCUT2D eigenvalue weighted by molar-refractivity contribution is 5.85. The molecule has 116 valence electrons. The molecule has 1 aliphatic heterocycles. The number of unbranched alkanes of at least 4 members (excludes halogenated alkanes) is 1. The lowest BCUT2D eigenvalue weighted by Gasteiger charge is -2.25. The molecule has 0 aromatic heterocycles. The third kappa shape index (κ3) is 3.29. The molecule has 21 heavy (non-hydrogen) atoms. The van der Waals surface area contributed by atoms with Gasteiger partial charge in [-0.1, -0.05) is 57.9 Å². The summed E-state index contributed by atoms with van der Waals surface area (Å²) in [5.41, 5.74) is 2.47. The van der Waals surface area contributed by atoms with Gasteiger partial charge in [-0.25, -0.2) is 0 Å². The maximum Gasteiger partial charge on any atom is 0.241 e. The van der Waals surface area contributed by atoms with Gasteiger partial charge in [0.2, 0.25) is 5.91 Å². The van der Waals surface area contributed by atoms with Crippen molar-refractivity contribution in [1.82, 2.24) is 10.2 Å². The highest BCUT2D eigenvalue weighted by Crippen LogP contribution is 2.30. The minimum atomic E-state index is -0.0449. The first-order chi connectivity index (χ1) is 10.1. The van der Waals surface area contributed by atoms with Crippen LogP contribution < -0.4 is 5.32 Å². The zero-order chi connectivity index (χ0) is 15.4. The molecule has 3 heteroatoms. The van der Waals surface area contributed by atoms with Crippen molar-refractivity contribution in [3.63, 3.8) is 0 Å². The minimum Gasteiger partial charge on any atom is -0.322 e. The Balaban J connectivity index is 2.28. The van der Waals surface area contributed by atoms with Gasteiger partial charge in [-0.15, -0.1) is 0 Å². The summed E-state index contributed by atoms with van der Waals surface area (Å²) in [6.07, 6.45) is 3.22. The van der Waals surface area contributed by atoms with E-state index in [0.717, 1.165) is 25.8 Å². The van der Waals surface area contributed by atoms with Gasteiger partial charge in [-0.3, -0.25) is 10.1 Å². The van der Waals surface area contributed by atoms with E-state index >= 15 is 0 Å². The number of rotatable bonds is 6. The number of carbonyl (C=O) groups is 1. The first kappa shape index (κ1) is 16.0. The Morgan fingerprint density at radius 1 is 1.29 bits per heavy atom. The predicted octanol–water partition coefficient (Wildman–Crippen LogP) is 3.64. The molecule has 1 fully saturated rings. The topological polar surface area (TPSA) is 32.3 Å². The van der Waals surface area contributed by atoms with Gasteiger partial charge < -0.3 is 4.90 Å². The van der Waals surface area contributed by atoms with E-state index in [1.54, 1.807) is 0 Å². The highest BCUT2D eigenvalue weighted by atomic mass is 16.2. The number of benzene rings is 1. The summed E-state index contributed by atoms with van der Waals surface area (Å²) in [4.78, 5) is 14.8. The second kappa shape index (κ2) is 7.08. The third-order valence-corrected chi connectivity index (χ3v) is 4.65. The van der Waals surface area contributed by atoms with Crippen molar-refractivity contribution in [3.05, 3.63) is 35.4 Å². The minimum absolute atomic E-state index is 0.0317. The number of hydrogen-bond acceptors (Lipinski definition) is 2. The van der Waals surface area contributed by atoms with Gasteiger partial charge in [0.05, 0.1) is 6.04 Å². The van der Waals surface area contributed by atoms with Crippen molar-refractivity contribution in [2.45, 2.75) is 59.2 Å². The fourth-order valence-corrected chi connectivity index (χ4v) is 3.00. The number of nitrogens with one attached hydrogen (secondary N) is 1. The van der Waals surface area contributed by atoms with Crippen LogP contribution in [0.4, 0.5) is 0 Å². The van der Waals surface area contributed by atoms with Gasteiger partial charge in [-0.05, 0) is 30.4 Å². The average Bonchev–Trinajstić information content (AvgIpc) is 2.81. The number of nitrogens with zero attached hydrogens (tertiary/aromatic N) is 1. The van der Waals surface area contributed by atoms with Crippen LogP contribution in [0.25, 0.3) is 0 Å². The van der Waals surface area contributed by atoms with Crippen molar-refractivity contribution in [3.8, 4) is 0 Å². The maximum atomic E-state index is 12.8. The van der Waals surface area contributed by atoms with Crippen LogP contribution >= 0.6 is 0 Å². The van der Waals surface area contributed by atoms with E-state index < -0.39 is 0 Å². The van der Waals surface area contributed by atoms with Crippen molar-refractivity contribution in [1.29, 1.82) is 0 Å². The van der Waals surface area contributed by atoms with Crippen LogP contribution in [0.5, 0.6) is 0 Å². The van der Waals surface area contributed by atoms with Gasteiger partial charge in [0.1, 0.15) is 6.17 Å². The summed E-state index contributed by atoms with van der Waals surface area (Å²) in [5, 5.41) is 3.58. The SMILES string of the molecule is CCCCN1C(=O)C(C(C)CC)NC1c1ccccc1C. The van der Waals surface area contributed by atoms with Crippen LogP contribution in [-0.2, 0) is 4.79 Å². The van der Waals surface area contributed by atoms with Crippen LogP contribution in [0.2, 0.25) is 0 Å². The lowest BCUT2D eigenvalue weighted by Crippen LogP contribution is -2.35. The van der Waals surface area contributed by atoms with Crippen molar-refractivity contribution >= 4 is 5.91 Å². The van der Waals surface area contributed by atoms with Crippen molar-refractivity contribution < 1.29 is 4.79 Å². The third-order valence-electron chi connectivity index (χ3n) is 4.65. The molecule has 3 nitrogen and oxygen atoms in total. The van der Waals surface area contributed by atoms with E-state index in [1.807, 2.05) is 4.90 Å². The molecule has 1 N–H and O–H groups in total. The summed E-state index contributed by atoms with van der Waals surface area (Å²) in [6, 6.07) is 8.33. The van der Waals surface area contributed by atoms with Crippen LogP contribution in [0.1, 0.15) is 57.3 Å². The standard InChI is InChI=1S/C18H28N2O/c1-5-7-12-20-17(15-11-9-8-10-14(15)4)19-16(18(20)21)13(3)6-2/h8-11,13,16-17,19H,5-7,12H2,1-4H3. The summed E-state index contributed by atoms with van der Waals surface area (Å²) < 4.78 is 0. The summed E-state index contributed by atoms with van der Waals surface area (Å²) in [5.74, 6) is 0.640. The summed E-state index contributed by atoms with van der Waals surface area (Å²) in [7, 11) is 0.